The number of ether oxygens (including phenoxy) is 3. The zero-order chi connectivity index (χ0) is 18.0. The maximum absolute atomic E-state index is 12.7. The Hall–Kier alpha value is -3.46. The van der Waals surface area contributed by atoms with Gasteiger partial charge in [-0.3, -0.25) is 4.79 Å². The van der Waals surface area contributed by atoms with Crippen LogP contribution in [0.5, 0.6) is 17.2 Å². The second-order valence-electron chi connectivity index (χ2n) is 5.24. The van der Waals surface area contributed by atoms with E-state index in [0.717, 1.165) is 0 Å². The smallest absolute Gasteiger partial charge is 0.207 e. The van der Waals surface area contributed by atoms with Gasteiger partial charge in [-0.05, 0) is 24.3 Å². The number of nitrogens with one attached hydrogen (secondary N) is 1. The van der Waals surface area contributed by atoms with Crippen LogP contribution in [0.25, 0.3) is 22.2 Å². The highest BCUT2D eigenvalue weighted by Gasteiger charge is 2.21. The van der Waals surface area contributed by atoms with Crippen molar-refractivity contribution in [3.8, 4) is 34.6 Å². The monoisotopic (exact) mass is 336 g/mol. The van der Waals surface area contributed by atoms with Crippen LogP contribution in [0, 0.1) is 11.3 Å². The van der Waals surface area contributed by atoms with Gasteiger partial charge in [0.05, 0.1) is 27.0 Å². The van der Waals surface area contributed by atoms with Gasteiger partial charge in [0.15, 0.2) is 11.5 Å². The molecule has 0 atom stereocenters. The summed E-state index contributed by atoms with van der Waals surface area (Å²) in [5.41, 5.74) is 1.25. The third-order valence-corrected chi connectivity index (χ3v) is 3.99. The lowest BCUT2D eigenvalue weighted by molar-refractivity contribution is 0.325. The van der Waals surface area contributed by atoms with Crippen molar-refractivity contribution < 1.29 is 14.2 Å². The van der Waals surface area contributed by atoms with Gasteiger partial charge in [0.1, 0.15) is 11.6 Å². The van der Waals surface area contributed by atoms with Crippen molar-refractivity contribution in [1.29, 1.82) is 5.26 Å². The fourth-order valence-electron chi connectivity index (χ4n) is 2.84. The van der Waals surface area contributed by atoms with Gasteiger partial charge in [0.2, 0.25) is 11.2 Å². The van der Waals surface area contributed by atoms with E-state index >= 15 is 0 Å². The number of para-hydroxylation sites is 1. The average molecular weight is 336 g/mol. The second kappa shape index (κ2) is 6.57. The largest absolute Gasteiger partial charge is 0.493 e. The molecule has 0 radical (unpaired) electrons. The maximum atomic E-state index is 12.7. The average Bonchev–Trinajstić information content (AvgIpc) is 2.66. The molecular formula is C19H16N2O4. The number of aromatic nitrogens is 1. The third kappa shape index (κ3) is 2.56. The number of fused-ring (bicyclic) bond motifs is 1. The molecule has 0 fully saturated rings. The van der Waals surface area contributed by atoms with Crippen molar-refractivity contribution in [3.05, 3.63) is 52.2 Å². The third-order valence-electron chi connectivity index (χ3n) is 3.99. The van der Waals surface area contributed by atoms with Crippen molar-refractivity contribution in [2.45, 2.75) is 0 Å². The van der Waals surface area contributed by atoms with Gasteiger partial charge in [-0.2, -0.15) is 5.26 Å². The summed E-state index contributed by atoms with van der Waals surface area (Å²) in [5.74, 6) is 1.26. The van der Waals surface area contributed by atoms with Crippen LogP contribution in [0.3, 0.4) is 0 Å². The molecule has 25 heavy (non-hydrogen) atoms. The minimum absolute atomic E-state index is 0.0178. The van der Waals surface area contributed by atoms with Crippen LogP contribution in [0.2, 0.25) is 0 Å². The van der Waals surface area contributed by atoms with Crippen molar-refractivity contribution in [3.63, 3.8) is 0 Å². The van der Waals surface area contributed by atoms with Crippen molar-refractivity contribution in [2.24, 2.45) is 0 Å². The van der Waals surface area contributed by atoms with E-state index in [9.17, 15) is 10.1 Å². The van der Waals surface area contributed by atoms with Gasteiger partial charge in [0.25, 0.3) is 0 Å². The molecule has 0 saturated heterocycles. The molecular weight excluding hydrogens is 320 g/mol. The van der Waals surface area contributed by atoms with Crippen molar-refractivity contribution in [1.82, 2.24) is 4.98 Å². The van der Waals surface area contributed by atoms with Crippen LogP contribution >= 0.6 is 0 Å². The Bertz CT molecular complexity index is 1050. The molecule has 0 spiro atoms. The Morgan fingerprint density at radius 3 is 2.32 bits per heavy atom. The van der Waals surface area contributed by atoms with E-state index in [2.05, 4.69) is 4.98 Å². The standard InChI is InChI=1S/C19H16N2O4/c1-23-15-9-8-12(18(24-2)19(15)25-3)16-13(10-20)17(22)11-6-4-5-7-14(11)21-16/h4-9H,1-3H3,(H,21,22). The highest BCUT2D eigenvalue weighted by Crippen LogP contribution is 2.44. The number of pyridine rings is 1. The van der Waals surface area contributed by atoms with E-state index in [-0.39, 0.29) is 11.0 Å². The summed E-state index contributed by atoms with van der Waals surface area (Å²) in [4.78, 5) is 15.9. The predicted octanol–water partition coefficient (Wildman–Crippen LogP) is 3.09. The van der Waals surface area contributed by atoms with Crippen LogP contribution in [-0.2, 0) is 0 Å². The molecule has 6 nitrogen and oxygen atoms in total. The molecule has 1 N–H and O–H groups in total. The number of hydrogen-bond acceptors (Lipinski definition) is 5. The highest BCUT2D eigenvalue weighted by atomic mass is 16.5. The molecule has 0 unspecified atom stereocenters. The molecule has 0 saturated carbocycles. The first kappa shape index (κ1) is 16.4. The Labute approximate surface area is 144 Å². The summed E-state index contributed by atoms with van der Waals surface area (Å²) in [6, 6.07) is 12.5. The summed E-state index contributed by atoms with van der Waals surface area (Å²) in [5, 5.41) is 10.0. The predicted molar refractivity (Wildman–Crippen MR) is 94.4 cm³/mol. The number of rotatable bonds is 4. The van der Waals surface area contributed by atoms with E-state index in [4.69, 9.17) is 14.2 Å². The molecule has 0 aliphatic rings. The molecule has 3 rings (SSSR count). The molecule has 6 heteroatoms. The number of hydrogen-bond donors (Lipinski definition) is 1. The molecule has 0 aliphatic heterocycles. The van der Waals surface area contributed by atoms with Gasteiger partial charge >= 0.3 is 0 Å². The number of nitrogens with zero attached hydrogens (tertiary/aromatic N) is 1. The van der Waals surface area contributed by atoms with E-state index in [1.165, 1.54) is 21.3 Å². The van der Waals surface area contributed by atoms with Crippen LogP contribution in [-0.4, -0.2) is 26.3 Å². The number of benzene rings is 2. The number of methoxy groups -OCH3 is 3. The van der Waals surface area contributed by atoms with E-state index < -0.39 is 0 Å². The topological polar surface area (TPSA) is 84.3 Å². The fourth-order valence-corrected chi connectivity index (χ4v) is 2.84. The normalized spacial score (nSPS) is 10.3. The molecule has 1 aromatic heterocycles. The number of nitriles is 1. The van der Waals surface area contributed by atoms with Crippen LogP contribution in [0.1, 0.15) is 5.56 Å². The van der Waals surface area contributed by atoms with Gasteiger partial charge in [-0.1, -0.05) is 12.1 Å². The van der Waals surface area contributed by atoms with Gasteiger partial charge in [-0.15, -0.1) is 0 Å². The van der Waals surface area contributed by atoms with E-state index in [1.54, 1.807) is 30.3 Å². The number of aromatic amines is 1. The molecule has 2 aromatic carbocycles. The Kier molecular flexibility index (Phi) is 4.31. The fraction of sp³-hybridized carbons (Fsp3) is 0.158. The lowest BCUT2D eigenvalue weighted by Crippen LogP contribution is -2.11. The van der Waals surface area contributed by atoms with Crippen LogP contribution < -0.4 is 19.6 Å². The van der Waals surface area contributed by atoms with Gasteiger partial charge in [-0.25, -0.2) is 0 Å². The van der Waals surface area contributed by atoms with Crippen LogP contribution in [0.4, 0.5) is 0 Å². The summed E-state index contributed by atoms with van der Waals surface area (Å²) >= 11 is 0. The quantitative estimate of drug-likeness (QED) is 0.791. The molecule has 0 amide bonds. The van der Waals surface area contributed by atoms with Gasteiger partial charge in [0, 0.05) is 16.5 Å². The molecule has 0 bridgehead atoms. The van der Waals surface area contributed by atoms with E-state index in [1.807, 2.05) is 12.1 Å². The Balaban J connectivity index is 2.41. The highest BCUT2D eigenvalue weighted by molar-refractivity contribution is 5.86. The molecule has 1 heterocycles. The lowest BCUT2D eigenvalue weighted by Gasteiger charge is -2.16. The number of H-pyrrole nitrogens is 1. The summed E-state index contributed by atoms with van der Waals surface area (Å²) in [6.07, 6.45) is 0. The Morgan fingerprint density at radius 2 is 1.68 bits per heavy atom. The molecule has 3 aromatic rings. The first-order valence-electron chi connectivity index (χ1n) is 7.50. The summed E-state index contributed by atoms with van der Waals surface area (Å²) in [6.45, 7) is 0. The Morgan fingerprint density at radius 1 is 0.960 bits per heavy atom. The maximum Gasteiger partial charge on any atom is 0.207 e. The lowest BCUT2D eigenvalue weighted by atomic mass is 10.0. The molecule has 126 valence electrons. The summed E-state index contributed by atoms with van der Waals surface area (Å²) in [7, 11) is 4.51. The van der Waals surface area contributed by atoms with Crippen molar-refractivity contribution in [2.75, 3.05) is 21.3 Å². The van der Waals surface area contributed by atoms with Crippen LogP contribution in [0.15, 0.2) is 41.2 Å². The van der Waals surface area contributed by atoms with E-state index in [0.29, 0.717) is 39.4 Å². The second-order valence-corrected chi connectivity index (χ2v) is 5.24. The molecule has 0 aliphatic carbocycles. The minimum Gasteiger partial charge on any atom is -0.493 e. The van der Waals surface area contributed by atoms with Crippen molar-refractivity contribution >= 4 is 10.9 Å². The first-order chi connectivity index (χ1) is 12.2. The SMILES string of the molecule is COc1ccc(-c2[nH]c3ccccc3c(=O)c2C#N)c(OC)c1OC. The summed E-state index contributed by atoms with van der Waals surface area (Å²) < 4.78 is 16.1. The zero-order valence-corrected chi connectivity index (χ0v) is 14.0. The minimum atomic E-state index is -0.330. The zero-order valence-electron chi connectivity index (χ0n) is 14.0. The first-order valence-corrected chi connectivity index (χ1v) is 7.50. The van der Waals surface area contributed by atoms with Gasteiger partial charge < -0.3 is 19.2 Å².